The zero-order valence-electron chi connectivity index (χ0n) is 8.74. The second-order valence-electron chi connectivity index (χ2n) is 4.72. The van der Waals surface area contributed by atoms with Gasteiger partial charge in [-0.25, -0.2) is 0 Å². The second-order valence-corrected chi connectivity index (χ2v) is 4.72. The predicted molar refractivity (Wildman–Crippen MR) is 56.0 cm³/mol. The fourth-order valence-corrected chi connectivity index (χ4v) is 1.26. The Hall–Kier alpha value is 0.0649. The maximum Gasteiger partial charge on any atom is 0.108 e. The first kappa shape index (κ1) is 11.1. The third kappa shape index (κ3) is 10.1. The zero-order valence-corrected chi connectivity index (χ0v) is 8.74. The van der Waals surface area contributed by atoms with Crippen LogP contribution in [0.1, 0.15) is 59.3 Å². The van der Waals surface area contributed by atoms with Gasteiger partial charge in [-0.3, -0.25) is 0 Å². The lowest BCUT2D eigenvalue weighted by molar-refractivity contribution is 0.534. The molecule has 0 aliphatic heterocycles. The average Bonchev–Trinajstić information content (AvgIpc) is 1.85. The lowest BCUT2D eigenvalue weighted by atomic mass is 9.69. The molecule has 0 saturated carbocycles. The molecule has 1 heteroatoms. The highest BCUT2D eigenvalue weighted by molar-refractivity contribution is 6.14. The SMILES string of the molecule is BC(C)(C)CCCCCCC. The average molecular weight is 154 g/mol. The van der Waals surface area contributed by atoms with Gasteiger partial charge in [-0.2, -0.15) is 0 Å². The zero-order chi connectivity index (χ0) is 8.74. The van der Waals surface area contributed by atoms with Crippen molar-refractivity contribution in [3.63, 3.8) is 0 Å². The summed E-state index contributed by atoms with van der Waals surface area (Å²) in [4.78, 5) is 0. The minimum absolute atomic E-state index is 0.548. The van der Waals surface area contributed by atoms with Crippen molar-refractivity contribution in [2.24, 2.45) is 0 Å². The molecule has 0 bridgehead atoms. The van der Waals surface area contributed by atoms with Crippen molar-refractivity contribution < 1.29 is 0 Å². The van der Waals surface area contributed by atoms with Crippen molar-refractivity contribution in [1.82, 2.24) is 0 Å². The smallest absolute Gasteiger partial charge is 0.0672 e. The summed E-state index contributed by atoms with van der Waals surface area (Å²) in [6.45, 7) is 6.92. The Morgan fingerprint density at radius 3 is 2.00 bits per heavy atom. The third-order valence-electron chi connectivity index (χ3n) is 2.03. The van der Waals surface area contributed by atoms with E-state index in [-0.39, 0.29) is 0 Å². The van der Waals surface area contributed by atoms with Crippen LogP contribution in [0.2, 0.25) is 5.31 Å². The highest BCUT2D eigenvalue weighted by Crippen LogP contribution is 2.26. The van der Waals surface area contributed by atoms with Crippen LogP contribution in [-0.2, 0) is 0 Å². The van der Waals surface area contributed by atoms with Crippen LogP contribution in [0.5, 0.6) is 0 Å². The van der Waals surface area contributed by atoms with E-state index in [4.69, 9.17) is 0 Å². The summed E-state index contributed by atoms with van der Waals surface area (Å²) in [5.41, 5.74) is 0. The summed E-state index contributed by atoms with van der Waals surface area (Å²) >= 11 is 0. The van der Waals surface area contributed by atoms with Gasteiger partial charge in [-0.05, 0) is 0 Å². The van der Waals surface area contributed by atoms with Gasteiger partial charge in [0, 0.05) is 0 Å². The molecule has 0 fully saturated rings. The van der Waals surface area contributed by atoms with E-state index >= 15 is 0 Å². The van der Waals surface area contributed by atoms with Crippen molar-refractivity contribution in [2.45, 2.75) is 64.6 Å². The molecule has 66 valence electrons. The Bertz CT molecular complexity index is 81.4. The van der Waals surface area contributed by atoms with Crippen LogP contribution < -0.4 is 0 Å². The Kier molecular flexibility index (Phi) is 5.72. The predicted octanol–water partition coefficient (Wildman–Crippen LogP) is 3.18. The first-order chi connectivity index (χ1) is 5.06. The lowest BCUT2D eigenvalue weighted by Crippen LogP contribution is -2.01. The van der Waals surface area contributed by atoms with E-state index in [1.165, 1.54) is 38.5 Å². The van der Waals surface area contributed by atoms with Gasteiger partial charge in [-0.1, -0.05) is 64.6 Å². The van der Waals surface area contributed by atoms with Crippen molar-refractivity contribution in [1.29, 1.82) is 0 Å². The van der Waals surface area contributed by atoms with Crippen molar-refractivity contribution in [2.75, 3.05) is 0 Å². The van der Waals surface area contributed by atoms with E-state index in [2.05, 4.69) is 28.6 Å². The van der Waals surface area contributed by atoms with E-state index in [0.29, 0.717) is 5.31 Å². The molecular weight excluding hydrogens is 131 g/mol. The molecule has 0 aromatic heterocycles. The number of unbranched alkanes of at least 4 members (excludes halogenated alkanes) is 4. The lowest BCUT2D eigenvalue weighted by Gasteiger charge is -2.17. The summed E-state index contributed by atoms with van der Waals surface area (Å²) in [7, 11) is 2.33. The number of rotatable bonds is 6. The standard InChI is InChI=1S/C10H23B/c1-4-5-6-7-8-9-10(2,3)11/h4-9,11H2,1-3H3. The van der Waals surface area contributed by atoms with Crippen LogP contribution in [0.15, 0.2) is 0 Å². The number of hydrogen-bond acceptors (Lipinski definition) is 0. The van der Waals surface area contributed by atoms with Crippen molar-refractivity contribution in [3.05, 3.63) is 0 Å². The first-order valence-corrected chi connectivity index (χ1v) is 5.06. The van der Waals surface area contributed by atoms with Gasteiger partial charge in [0.15, 0.2) is 0 Å². The molecular formula is C10H23B. The second kappa shape index (κ2) is 5.68. The maximum atomic E-state index is 2.33. The van der Waals surface area contributed by atoms with E-state index in [1.54, 1.807) is 0 Å². The van der Waals surface area contributed by atoms with Crippen molar-refractivity contribution >= 4 is 7.85 Å². The third-order valence-corrected chi connectivity index (χ3v) is 2.03. The van der Waals surface area contributed by atoms with Gasteiger partial charge in [0.05, 0.1) is 0 Å². The summed E-state index contributed by atoms with van der Waals surface area (Å²) in [5, 5.41) is 0.548. The van der Waals surface area contributed by atoms with E-state index in [0.717, 1.165) is 0 Å². The molecule has 0 nitrogen and oxygen atoms in total. The van der Waals surface area contributed by atoms with Crippen LogP contribution in [0, 0.1) is 0 Å². The Balaban J connectivity index is 3.02. The minimum atomic E-state index is 0.548. The molecule has 0 aliphatic carbocycles. The summed E-state index contributed by atoms with van der Waals surface area (Å²) in [5.74, 6) is 0. The van der Waals surface area contributed by atoms with Gasteiger partial charge >= 0.3 is 0 Å². The van der Waals surface area contributed by atoms with Crippen molar-refractivity contribution in [3.8, 4) is 0 Å². The molecule has 0 heterocycles. The minimum Gasteiger partial charge on any atom is -0.0672 e. The summed E-state index contributed by atoms with van der Waals surface area (Å²) in [6, 6.07) is 0. The first-order valence-electron chi connectivity index (χ1n) is 5.06. The molecule has 0 saturated heterocycles. The van der Waals surface area contributed by atoms with E-state index in [9.17, 15) is 0 Å². The molecule has 0 aromatic rings. The topological polar surface area (TPSA) is 0 Å². The van der Waals surface area contributed by atoms with Gasteiger partial charge in [0.2, 0.25) is 0 Å². The molecule has 0 atom stereocenters. The van der Waals surface area contributed by atoms with Crippen LogP contribution >= 0.6 is 0 Å². The quantitative estimate of drug-likeness (QED) is 0.407. The Morgan fingerprint density at radius 1 is 1.00 bits per heavy atom. The van der Waals surface area contributed by atoms with Gasteiger partial charge in [0.25, 0.3) is 0 Å². The molecule has 0 amide bonds. The molecule has 0 radical (unpaired) electrons. The fourth-order valence-electron chi connectivity index (χ4n) is 1.26. The van der Waals surface area contributed by atoms with Gasteiger partial charge in [-0.15, -0.1) is 0 Å². The molecule has 0 N–H and O–H groups in total. The Morgan fingerprint density at radius 2 is 1.55 bits per heavy atom. The highest BCUT2D eigenvalue weighted by Gasteiger charge is 2.08. The molecule has 0 aliphatic rings. The number of hydrogen-bond donors (Lipinski definition) is 0. The van der Waals surface area contributed by atoms with Crippen LogP contribution in [-0.4, -0.2) is 7.85 Å². The monoisotopic (exact) mass is 154 g/mol. The van der Waals surface area contributed by atoms with Gasteiger partial charge in [0.1, 0.15) is 7.85 Å². The van der Waals surface area contributed by atoms with E-state index in [1.807, 2.05) is 0 Å². The molecule has 0 spiro atoms. The van der Waals surface area contributed by atoms with Crippen LogP contribution in [0.3, 0.4) is 0 Å². The maximum absolute atomic E-state index is 2.33. The summed E-state index contributed by atoms with van der Waals surface area (Å²) < 4.78 is 0. The Labute approximate surface area is 73.2 Å². The van der Waals surface area contributed by atoms with Crippen LogP contribution in [0.25, 0.3) is 0 Å². The molecule has 0 unspecified atom stereocenters. The molecule has 0 aromatic carbocycles. The largest absolute Gasteiger partial charge is 0.108 e. The van der Waals surface area contributed by atoms with Crippen LogP contribution in [0.4, 0.5) is 0 Å². The molecule has 11 heavy (non-hydrogen) atoms. The highest BCUT2D eigenvalue weighted by atomic mass is 14.1. The fraction of sp³-hybridized carbons (Fsp3) is 1.00. The molecule has 0 rings (SSSR count). The van der Waals surface area contributed by atoms with Gasteiger partial charge < -0.3 is 0 Å². The summed E-state index contributed by atoms with van der Waals surface area (Å²) in [6.07, 6.45) is 8.46. The van der Waals surface area contributed by atoms with E-state index < -0.39 is 0 Å². The normalized spacial score (nSPS) is 11.9.